The van der Waals surface area contributed by atoms with Gasteiger partial charge in [-0.15, -0.1) is 0 Å². The zero-order valence-corrected chi connectivity index (χ0v) is 17.1. The first-order valence-electron chi connectivity index (χ1n) is 9.52. The Balaban J connectivity index is 1.67. The van der Waals surface area contributed by atoms with Crippen LogP contribution in [0.2, 0.25) is 5.02 Å². The minimum Gasteiger partial charge on any atom is -0.393 e. The molecule has 27 heavy (non-hydrogen) atoms. The van der Waals surface area contributed by atoms with Crippen LogP contribution in [0.25, 0.3) is 0 Å². The van der Waals surface area contributed by atoms with E-state index in [9.17, 15) is 18.3 Å². The highest BCUT2D eigenvalue weighted by Gasteiger charge is 2.33. The van der Waals surface area contributed by atoms with Crippen LogP contribution in [-0.2, 0) is 14.8 Å². The first kappa shape index (κ1) is 20.6. The van der Waals surface area contributed by atoms with Crippen molar-refractivity contribution in [2.24, 2.45) is 5.92 Å². The fourth-order valence-corrected chi connectivity index (χ4v) is 5.94. The number of nitrogens with one attached hydrogen (secondary N) is 1. The molecule has 1 aromatic rings. The second-order valence-corrected chi connectivity index (χ2v) is 9.89. The summed E-state index contributed by atoms with van der Waals surface area (Å²) in [7, 11) is -3.65. The van der Waals surface area contributed by atoms with Crippen molar-refractivity contribution in [3.05, 3.63) is 28.8 Å². The molecule has 1 amide bonds. The van der Waals surface area contributed by atoms with Gasteiger partial charge in [0.25, 0.3) is 0 Å². The first-order valence-corrected chi connectivity index (χ1v) is 11.3. The molecule has 0 unspecified atom stereocenters. The van der Waals surface area contributed by atoms with E-state index >= 15 is 0 Å². The average Bonchev–Trinajstić information content (AvgIpc) is 2.64. The molecule has 1 saturated carbocycles. The van der Waals surface area contributed by atoms with Gasteiger partial charge in [0, 0.05) is 30.1 Å². The summed E-state index contributed by atoms with van der Waals surface area (Å²) in [5.41, 5.74) is 0.547. The fourth-order valence-electron chi connectivity index (χ4n) is 3.94. The number of piperidine rings is 1. The third kappa shape index (κ3) is 4.65. The van der Waals surface area contributed by atoms with Crippen LogP contribution in [0.5, 0.6) is 0 Å². The Bertz CT molecular complexity index is 791. The lowest BCUT2D eigenvalue weighted by Crippen LogP contribution is -2.51. The monoisotopic (exact) mass is 414 g/mol. The number of carbonyl (C=O) groups is 1. The van der Waals surface area contributed by atoms with Crippen LogP contribution in [0.15, 0.2) is 23.1 Å². The molecule has 1 saturated heterocycles. The van der Waals surface area contributed by atoms with E-state index < -0.39 is 10.0 Å². The van der Waals surface area contributed by atoms with Crippen molar-refractivity contribution in [3.8, 4) is 0 Å². The highest BCUT2D eigenvalue weighted by atomic mass is 35.5. The lowest BCUT2D eigenvalue weighted by Gasteiger charge is -2.34. The van der Waals surface area contributed by atoms with Gasteiger partial charge < -0.3 is 10.4 Å². The van der Waals surface area contributed by atoms with Crippen LogP contribution in [0.1, 0.15) is 44.1 Å². The Morgan fingerprint density at radius 3 is 2.63 bits per heavy atom. The molecule has 2 aliphatic rings. The van der Waals surface area contributed by atoms with Crippen LogP contribution in [-0.4, -0.2) is 49.0 Å². The molecular weight excluding hydrogens is 388 g/mol. The smallest absolute Gasteiger partial charge is 0.243 e. The normalized spacial score (nSPS) is 27.3. The average molecular weight is 415 g/mol. The number of nitrogens with zero attached hydrogens (tertiary/aromatic N) is 1. The summed E-state index contributed by atoms with van der Waals surface area (Å²) in [5, 5.41) is 13.0. The third-order valence-corrected chi connectivity index (χ3v) is 8.05. The van der Waals surface area contributed by atoms with E-state index in [-0.39, 0.29) is 35.4 Å². The number of aliphatic hydroxyl groups is 1. The standard InChI is InChI=1S/C19H27ClN2O4S/c1-13-17(20)5-2-6-18(13)27(25,26)22-11-3-4-15(12-22)21-19(24)14-7-9-16(23)10-8-14/h2,5-6,14-16,23H,3-4,7-12H2,1H3,(H,21,24)/t14-,15-,16-/m0/s1. The van der Waals surface area contributed by atoms with Crippen LogP contribution in [0.4, 0.5) is 0 Å². The summed E-state index contributed by atoms with van der Waals surface area (Å²) >= 11 is 6.09. The van der Waals surface area contributed by atoms with Gasteiger partial charge in [-0.3, -0.25) is 4.79 Å². The second kappa shape index (κ2) is 8.47. The topological polar surface area (TPSA) is 86.7 Å². The Hall–Kier alpha value is -1.15. The number of hydrogen-bond acceptors (Lipinski definition) is 4. The SMILES string of the molecule is Cc1c(Cl)cccc1S(=O)(=O)N1CCC[C@H](NC(=O)[C@H]2CC[C@H](O)CC2)C1. The van der Waals surface area contributed by atoms with E-state index in [0.717, 1.165) is 6.42 Å². The largest absolute Gasteiger partial charge is 0.393 e. The van der Waals surface area contributed by atoms with Gasteiger partial charge in [0.2, 0.25) is 15.9 Å². The van der Waals surface area contributed by atoms with E-state index in [1.54, 1.807) is 25.1 Å². The minimum atomic E-state index is -3.65. The van der Waals surface area contributed by atoms with Crippen LogP contribution in [0.3, 0.4) is 0 Å². The molecule has 1 aliphatic carbocycles. The molecule has 1 heterocycles. The van der Waals surface area contributed by atoms with E-state index in [0.29, 0.717) is 49.2 Å². The summed E-state index contributed by atoms with van der Waals surface area (Å²) in [6.07, 6.45) is 3.83. The highest BCUT2D eigenvalue weighted by molar-refractivity contribution is 7.89. The molecule has 0 aromatic heterocycles. The van der Waals surface area contributed by atoms with Crippen molar-refractivity contribution in [2.75, 3.05) is 13.1 Å². The summed E-state index contributed by atoms with van der Waals surface area (Å²) in [4.78, 5) is 12.7. The molecule has 3 rings (SSSR count). The molecule has 1 atom stereocenters. The van der Waals surface area contributed by atoms with Crippen LogP contribution in [0, 0.1) is 12.8 Å². The number of carbonyl (C=O) groups excluding carboxylic acids is 1. The van der Waals surface area contributed by atoms with Gasteiger partial charge in [0.05, 0.1) is 11.0 Å². The maximum atomic E-state index is 13.1. The molecule has 150 valence electrons. The van der Waals surface area contributed by atoms with Gasteiger partial charge >= 0.3 is 0 Å². The molecular formula is C19H27ClN2O4S. The van der Waals surface area contributed by atoms with E-state index in [2.05, 4.69) is 5.32 Å². The molecule has 6 nitrogen and oxygen atoms in total. The van der Waals surface area contributed by atoms with E-state index in [1.165, 1.54) is 4.31 Å². The number of amides is 1. The minimum absolute atomic E-state index is 0.0231. The molecule has 2 fully saturated rings. The van der Waals surface area contributed by atoms with Crippen LogP contribution >= 0.6 is 11.6 Å². The van der Waals surface area contributed by atoms with Gasteiger partial charge in [-0.25, -0.2) is 8.42 Å². The lowest BCUT2D eigenvalue weighted by molar-refractivity contribution is -0.127. The highest BCUT2D eigenvalue weighted by Crippen LogP contribution is 2.28. The third-order valence-electron chi connectivity index (χ3n) is 5.63. The van der Waals surface area contributed by atoms with E-state index in [1.807, 2.05) is 0 Å². The van der Waals surface area contributed by atoms with Gasteiger partial charge in [-0.1, -0.05) is 17.7 Å². The Labute approximate surface area is 165 Å². The van der Waals surface area contributed by atoms with Crippen molar-refractivity contribution < 1.29 is 18.3 Å². The lowest BCUT2D eigenvalue weighted by atomic mass is 9.86. The number of halogens is 1. The van der Waals surface area contributed by atoms with Gasteiger partial charge in [0.1, 0.15) is 0 Å². The summed E-state index contributed by atoms with van der Waals surface area (Å²) < 4.78 is 27.6. The molecule has 1 aromatic carbocycles. The summed E-state index contributed by atoms with van der Waals surface area (Å²) in [6.45, 7) is 2.42. The van der Waals surface area contributed by atoms with Crippen molar-refractivity contribution in [1.82, 2.24) is 9.62 Å². The quantitative estimate of drug-likeness (QED) is 0.792. The number of benzene rings is 1. The Morgan fingerprint density at radius 1 is 1.22 bits per heavy atom. The van der Waals surface area contributed by atoms with Crippen LogP contribution < -0.4 is 5.32 Å². The predicted octanol–water partition coefficient (Wildman–Crippen LogP) is 2.47. The number of aliphatic hydroxyl groups excluding tert-OH is 1. The molecule has 2 N–H and O–H groups in total. The van der Waals surface area contributed by atoms with Crippen molar-refractivity contribution >= 4 is 27.5 Å². The number of hydrogen-bond donors (Lipinski definition) is 2. The zero-order valence-electron chi connectivity index (χ0n) is 15.5. The Kier molecular flexibility index (Phi) is 6.46. The maximum Gasteiger partial charge on any atom is 0.243 e. The second-order valence-electron chi connectivity index (χ2n) is 7.58. The van der Waals surface area contributed by atoms with Gasteiger partial charge in [-0.05, 0) is 63.1 Å². The molecule has 8 heteroatoms. The molecule has 0 bridgehead atoms. The molecule has 0 radical (unpaired) electrons. The zero-order chi connectivity index (χ0) is 19.6. The predicted molar refractivity (Wildman–Crippen MR) is 104 cm³/mol. The first-order chi connectivity index (χ1) is 12.8. The van der Waals surface area contributed by atoms with Crippen molar-refractivity contribution in [1.29, 1.82) is 0 Å². The maximum absolute atomic E-state index is 13.1. The Morgan fingerprint density at radius 2 is 1.93 bits per heavy atom. The van der Waals surface area contributed by atoms with Crippen molar-refractivity contribution in [3.63, 3.8) is 0 Å². The van der Waals surface area contributed by atoms with Crippen molar-refractivity contribution in [2.45, 2.75) is 62.5 Å². The summed E-state index contributed by atoms with van der Waals surface area (Å²) in [6, 6.07) is 4.71. The van der Waals surface area contributed by atoms with E-state index in [4.69, 9.17) is 11.6 Å². The number of sulfonamides is 1. The molecule has 0 spiro atoms. The number of rotatable bonds is 4. The molecule has 1 aliphatic heterocycles. The summed E-state index contributed by atoms with van der Waals surface area (Å²) in [5.74, 6) is -0.111. The fraction of sp³-hybridized carbons (Fsp3) is 0.632. The van der Waals surface area contributed by atoms with Gasteiger partial charge in [0.15, 0.2) is 0 Å². The van der Waals surface area contributed by atoms with Gasteiger partial charge in [-0.2, -0.15) is 4.31 Å².